The van der Waals surface area contributed by atoms with Crippen molar-refractivity contribution in [3.8, 4) is 73.1 Å². The zero-order valence-electron chi connectivity index (χ0n) is 34.2. The number of hydrogen-bond acceptors (Lipinski definition) is 3. The summed E-state index contributed by atoms with van der Waals surface area (Å²) in [7, 11) is 0. The van der Waals surface area contributed by atoms with Gasteiger partial charge in [0, 0.05) is 49.7 Å². The summed E-state index contributed by atoms with van der Waals surface area (Å²) in [6, 6.07) is 81.4. The maximum Gasteiger partial charge on any atom is 0.160 e. The van der Waals surface area contributed by atoms with Crippen LogP contribution in [0.2, 0.25) is 0 Å². The molecule has 0 radical (unpaired) electrons. The van der Waals surface area contributed by atoms with Crippen molar-refractivity contribution in [2.75, 3.05) is 0 Å². The van der Waals surface area contributed by atoms with Crippen molar-refractivity contribution in [2.45, 2.75) is 0 Å². The predicted octanol–water partition coefficient (Wildman–Crippen LogP) is 15.3. The highest BCUT2D eigenvalue weighted by atomic mass is 15.0. The number of pyridine rings is 1. The van der Waals surface area contributed by atoms with Crippen LogP contribution in [0, 0.1) is 0 Å². The lowest BCUT2D eigenvalue weighted by Gasteiger charge is -2.17. The summed E-state index contributed by atoms with van der Waals surface area (Å²) in [5.74, 6) is 0.670. The molecule has 0 aliphatic rings. The van der Waals surface area contributed by atoms with Crippen LogP contribution in [0.15, 0.2) is 231 Å². The Morgan fingerprint density at radius 1 is 0.302 bits per heavy atom. The number of para-hydroxylation sites is 2. The molecule has 0 N–H and O–H groups in total. The maximum absolute atomic E-state index is 5.45. The van der Waals surface area contributed by atoms with Gasteiger partial charge in [-0.25, -0.2) is 15.0 Å². The molecule has 0 unspecified atom stereocenters. The van der Waals surface area contributed by atoms with E-state index in [-0.39, 0.29) is 0 Å². The van der Waals surface area contributed by atoms with Crippen LogP contribution in [-0.4, -0.2) is 19.5 Å². The summed E-state index contributed by atoms with van der Waals surface area (Å²) in [5.41, 5.74) is 15.7. The third-order valence-electron chi connectivity index (χ3n) is 12.2. The van der Waals surface area contributed by atoms with Crippen molar-refractivity contribution in [3.63, 3.8) is 0 Å². The highest BCUT2D eigenvalue weighted by molar-refractivity contribution is 6.18. The van der Waals surface area contributed by atoms with Crippen molar-refractivity contribution in [1.82, 2.24) is 19.5 Å². The van der Waals surface area contributed by atoms with E-state index in [0.717, 1.165) is 78.2 Å². The second kappa shape index (κ2) is 15.2. The molecule has 0 saturated carbocycles. The number of hydrogen-bond donors (Lipinski definition) is 0. The Labute approximate surface area is 365 Å². The third-order valence-corrected chi connectivity index (χ3v) is 12.2. The number of nitrogens with zero attached hydrogens (tertiary/aromatic N) is 4. The maximum atomic E-state index is 5.45. The van der Waals surface area contributed by atoms with Crippen LogP contribution >= 0.6 is 0 Å². The van der Waals surface area contributed by atoms with Crippen molar-refractivity contribution >= 4 is 43.5 Å². The lowest BCUT2D eigenvalue weighted by molar-refractivity contribution is 1.17. The second-order valence-electron chi connectivity index (χ2n) is 16.0. The molecule has 3 aromatic heterocycles. The molecule has 4 heteroatoms. The number of benzene rings is 9. The smallest absolute Gasteiger partial charge is 0.160 e. The third kappa shape index (κ3) is 6.44. The Morgan fingerprint density at radius 2 is 0.746 bits per heavy atom. The van der Waals surface area contributed by atoms with Gasteiger partial charge in [-0.15, -0.1) is 0 Å². The van der Waals surface area contributed by atoms with Gasteiger partial charge in [0.2, 0.25) is 0 Å². The molecule has 12 rings (SSSR count). The standard InChI is InChI=1S/C59H38N4/c1-4-16-39(17-5-1)50-37-52(41-18-6-2-7-19-41)60-58-51(36-45-22-10-11-23-47(45)57(50)58)40-28-30-44(31-29-40)59-61-53(42-20-8-3-9-21-42)38-54(62-59)43-32-34-46(35-33-43)63-55-26-14-12-24-48(55)49-25-13-15-27-56(49)63/h1-38H. The molecule has 4 nitrogen and oxygen atoms in total. The number of rotatable bonds is 7. The minimum Gasteiger partial charge on any atom is -0.309 e. The van der Waals surface area contributed by atoms with Crippen LogP contribution in [0.3, 0.4) is 0 Å². The molecule has 12 aromatic rings. The van der Waals surface area contributed by atoms with E-state index < -0.39 is 0 Å². The minimum absolute atomic E-state index is 0.670. The van der Waals surface area contributed by atoms with Gasteiger partial charge in [-0.1, -0.05) is 188 Å². The first-order valence-corrected chi connectivity index (χ1v) is 21.4. The van der Waals surface area contributed by atoms with Crippen LogP contribution in [0.1, 0.15) is 0 Å². The van der Waals surface area contributed by atoms with Crippen molar-refractivity contribution in [1.29, 1.82) is 0 Å². The molecule has 0 atom stereocenters. The molecule has 294 valence electrons. The van der Waals surface area contributed by atoms with Crippen molar-refractivity contribution < 1.29 is 0 Å². The average Bonchev–Trinajstić information content (AvgIpc) is 3.71. The fraction of sp³-hybridized carbons (Fsp3) is 0. The quantitative estimate of drug-likeness (QED) is 0.151. The van der Waals surface area contributed by atoms with Gasteiger partial charge in [0.1, 0.15) is 0 Å². The van der Waals surface area contributed by atoms with Gasteiger partial charge in [0.05, 0.1) is 33.6 Å². The summed E-state index contributed by atoms with van der Waals surface area (Å²) in [6.07, 6.45) is 0. The van der Waals surface area contributed by atoms with Crippen LogP contribution in [0.4, 0.5) is 0 Å². The van der Waals surface area contributed by atoms with E-state index in [0.29, 0.717) is 5.82 Å². The second-order valence-corrected chi connectivity index (χ2v) is 16.0. The summed E-state index contributed by atoms with van der Waals surface area (Å²) in [4.78, 5) is 15.9. The van der Waals surface area contributed by atoms with Crippen LogP contribution in [-0.2, 0) is 0 Å². The molecule has 9 aromatic carbocycles. The fourth-order valence-electron chi connectivity index (χ4n) is 9.17. The molecule has 0 fully saturated rings. The van der Waals surface area contributed by atoms with Crippen molar-refractivity contribution in [3.05, 3.63) is 231 Å². The zero-order valence-corrected chi connectivity index (χ0v) is 34.2. The lowest BCUT2D eigenvalue weighted by atomic mass is 9.90. The molecule has 0 aliphatic heterocycles. The summed E-state index contributed by atoms with van der Waals surface area (Å²) < 4.78 is 2.34. The molecule has 3 heterocycles. The Morgan fingerprint density at radius 3 is 1.35 bits per heavy atom. The molecule has 63 heavy (non-hydrogen) atoms. The normalized spacial score (nSPS) is 11.5. The van der Waals surface area contributed by atoms with Crippen LogP contribution in [0.25, 0.3) is 117 Å². The Kier molecular flexibility index (Phi) is 8.79. The highest BCUT2D eigenvalue weighted by Crippen LogP contribution is 2.42. The molecule has 0 spiro atoms. The fourth-order valence-corrected chi connectivity index (χ4v) is 9.17. The van der Waals surface area contributed by atoms with Crippen LogP contribution in [0.5, 0.6) is 0 Å². The molecule has 0 saturated heterocycles. The van der Waals surface area contributed by atoms with Crippen LogP contribution < -0.4 is 0 Å². The SMILES string of the molecule is c1ccc(-c2cc(-c3ccc(-n4c5ccccc5c5ccccc54)cc3)nc(-c3ccc(-c4cc5ccccc5c5c(-c6ccccc6)cc(-c6ccccc6)nc45)cc3)n2)cc1. The van der Waals surface area contributed by atoms with Gasteiger partial charge in [-0.05, 0) is 69.9 Å². The van der Waals surface area contributed by atoms with E-state index in [1.54, 1.807) is 0 Å². The van der Waals surface area contributed by atoms with E-state index in [1.807, 2.05) is 6.07 Å². The van der Waals surface area contributed by atoms with E-state index in [2.05, 4.69) is 229 Å². The van der Waals surface area contributed by atoms with Gasteiger partial charge in [0.15, 0.2) is 5.82 Å². The Hall–Kier alpha value is -8.47. The van der Waals surface area contributed by atoms with Gasteiger partial charge in [-0.2, -0.15) is 0 Å². The zero-order chi connectivity index (χ0) is 41.7. The van der Waals surface area contributed by atoms with E-state index in [1.165, 1.54) is 32.6 Å². The van der Waals surface area contributed by atoms with Gasteiger partial charge in [0.25, 0.3) is 0 Å². The summed E-state index contributed by atoms with van der Waals surface area (Å²) >= 11 is 0. The topological polar surface area (TPSA) is 43.6 Å². The molecular weight excluding hydrogens is 765 g/mol. The lowest BCUT2D eigenvalue weighted by Crippen LogP contribution is -1.97. The Balaban J connectivity index is 0.984. The molecule has 0 aliphatic carbocycles. The Bertz CT molecular complexity index is 3580. The highest BCUT2D eigenvalue weighted by Gasteiger charge is 2.19. The van der Waals surface area contributed by atoms with Gasteiger partial charge in [-0.3, -0.25) is 0 Å². The first-order chi connectivity index (χ1) is 31.2. The molecule has 0 amide bonds. The van der Waals surface area contributed by atoms with E-state index >= 15 is 0 Å². The summed E-state index contributed by atoms with van der Waals surface area (Å²) in [6.45, 7) is 0. The minimum atomic E-state index is 0.670. The average molecular weight is 803 g/mol. The first kappa shape index (κ1) is 36.4. The first-order valence-electron chi connectivity index (χ1n) is 21.4. The van der Waals surface area contributed by atoms with Crippen molar-refractivity contribution in [2.24, 2.45) is 0 Å². The molecule has 0 bridgehead atoms. The summed E-state index contributed by atoms with van der Waals surface area (Å²) in [5, 5.41) is 5.99. The van der Waals surface area contributed by atoms with E-state index in [9.17, 15) is 0 Å². The number of fused-ring (bicyclic) bond motifs is 6. The monoisotopic (exact) mass is 802 g/mol. The molecular formula is C59H38N4. The van der Waals surface area contributed by atoms with Gasteiger partial charge < -0.3 is 4.57 Å². The van der Waals surface area contributed by atoms with Gasteiger partial charge >= 0.3 is 0 Å². The largest absolute Gasteiger partial charge is 0.309 e. The van der Waals surface area contributed by atoms with E-state index in [4.69, 9.17) is 15.0 Å². The number of aromatic nitrogens is 4. The predicted molar refractivity (Wildman–Crippen MR) is 262 cm³/mol.